The zero-order valence-corrected chi connectivity index (χ0v) is 13.6. The fraction of sp³-hybridized carbons (Fsp3) is 0.615. The smallest absolute Gasteiger partial charge is 0.357 e. The van der Waals surface area contributed by atoms with Crippen LogP contribution < -0.4 is 5.32 Å². The summed E-state index contributed by atoms with van der Waals surface area (Å²) in [5, 5.41) is 4.70. The molecule has 0 spiro atoms. The molecule has 0 aliphatic carbocycles. The number of carbonyl (C=O) groups is 2. The van der Waals surface area contributed by atoms with Crippen molar-refractivity contribution in [3.63, 3.8) is 0 Å². The Morgan fingerprint density at radius 3 is 2.90 bits per heavy atom. The van der Waals surface area contributed by atoms with Gasteiger partial charge in [0.1, 0.15) is 0 Å². The molecule has 5 nitrogen and oxygen atoms in total. The van der Waals surface area contributed by atoms with Crippen LogP contribution in [-0.2, 0) is 9.53 Å². The summed E-state index contributed by atoms with van der Waals surface area (Å²) in [4.78, 5) is 27.1. The Bertz CT molecular complexity index is 447. The number of ether oxygens (including phenoxy) is 1. The first-order valence-electron chi connectivity index (χ1n) is 6.53. The highest BCUT2D eigenvalue weighted by Crippen LogP contribution is 2.17. The summed E-state index contributed by atoms with van der Waals surface area (Å²) < 4.78 is 4.84. The fourth-order valence-corrected chi connectivity index (χ4v) is 3.01. The molecule has 0 bridgehead atoms. The van der Waals surface area contributed by atoms with E-state index in [1.807, 2.05) is 0 Å². The molecule has 0 saturated carbocycles. The van der Waals surface area contributed by atoms with Crippen molar-refractivity contribution in [2.24, 2.45) is 5.92 Å². The normalized spacial score (nSPS) is 10.6. The Kier molecular flexibility index (Phi) is 7.61. The maximum Gasteiger partial charge on any atom is 0.357 e. The van der Waals surface area contributed by atoms with E-state index in [2.05, 4.69) is 24.1 Å². The van der Waals surface area contributed by atoms with Crippen LogP contribution in [0.15, 0.2) is 5.38 Å². The molecular formula is C13H20N2O3S2. The van der Waals surface area contributed by atoms with Gasteiger partial charge in [-0.05, 0) is 25.0 Å². The van der Waals surface area contributed by atoms with Crippen LogP contribution in [0.3, 0.4) is 0 Å². The van der Waals surface area contributed by atoms with Gasteiger partial charge in [0, 0.05) is 5.38 Å². The van der Waals surface area contributed by atoms with Crippen LogP contribution in [0.4, 0.5) is 5.13 Å². The second-order valence-electron chi connectivity index (χ2n) is 4.54. The molecule has 0 aromatic carbocycles. The first-order chi connectivity index (χ1) is 9.52. The molecular weight excluding hydrogens is 296 g/mol. The summed E-state index contributed by atoms with van der Waals surface area (Å²) in [5.41, 5.74) is 0.236. The van der Waals surface area contributed by atoms with Crippen molar-refractivity contribution < 1.29 is 14.3 Å². The molecule has 0 aliphatic heterocycles. The lowest BCUT2D eigenvalue weighted by Crippen LogP contribution is -2.14. The van der Waals surface area contributed by atoms with Crippen molar-refractivity contribution in [3.05, 3.63) is 11.1 Å². The second-order valence-corrected chi connectivity index (χ2v) is 6.50. The number of thioether (sulfide) groups is 1. The van der Waals surface area contributed by atoms with Gasteiger partial charge < -0.3 is 10.1 Å². The van der Waals surface area contributed by atoms with Gasteiger partial charge in [0.2, 0.25) is 5.91 Å². The van der Waals surface area contributed by atoms with Gasteiger partial charge in [-0.1, -0.05) is 13.8 Å². The van der Waals surface area contributed by atoms with E-state index in [4.69, 9.17) is 4.74 Å². The van der Waals surface area contributed by atoms with Crippen LogP contribution in [0, 0.1) is 5.92 Å². The lowest BCUT2D eigenvalue weighted by atomic mass is 10.2. The molecule has 1 aromatic rings. The predicted molar refractivity (Wildman–Crippen MR) is 83.5 cm³/mol. The third-order valence-electron chi connectivity index (χ3n) is 2.31. The summed E-state index contributed by atoms with van der Waals surface area (Å²) in [7, 11) is 0. The van der Waals surface area contributed by atoms with Crippen LogP contribution in [0.1, 0.15) is 37.7 Å². The number of hydrogen-bond donors (Lipinski definition) is 1. The number of nitrogens with one attached hydrogen (secondary N) is 1. The fourth-order valence-electron chi connectivity index (χ4n) is 1.27. The molecule has 1 N–H and O–H groups in total. The van der Waals surface area contributed by atoms with Gasteiger partial charge in [0.05, 0.1) is 12.4 Å². The predicted octanol–water partition coefficient (Wildman–Crippen LogP) is 3.04. The molecule has 1 amide bonds. The van der Waals surface area contributed by atoms with E-state index in [-0.39, 0.29) is 11.6 Å². The first-order valence-corrected chi connectivity index (χ1v) is 8.56. The Hall–Kier alpha value is -1.08. The van der Waals surface area contributed by atoms with Crippen LogP contribution in [0.25, 0.3) is 0 Å². The number of esters is 1. The van der Waals surface area contributed by atoms with Crippen LogP contribution in [-0.4, -0.2) is 35.0 Å². The average molecular weight is 316 g/mol. The minimum Gasteiger partial charge on any atom is -0.461 e. The number of carbonyl (C=O) groups excluding carboxylic acids is 2. The SMILES string of the molecule is CCOC(=O)c1csc(NC(=O)CSCCC(C)C)n1. The highest BCUT2D eigenvalue weighted by molar-refractivity contribution is 7.99. The zero-order chi connectivity index (χ0) is 15.0. The average Bonchev–Trinajstić information content (AvgIpc) is 2.83. The molecule has 1 heterocycles. The number of nitrogens with zero attached hydrogens (tertiary/aromatic N) is 1. The molecule has 112 valence electrons. The molecule has 0 aliphatic rings. The quantitative estimate of drug-likeness (QED) is 0.590. The Labute approximate surface area is 127 Å². The molecule has 1 rings (SSSR count). The van der Waals surface area contributed by atoms with Gasteiger partial charge in [0.25, 0.3) is 0 Å². The maximum atomic E-state index is 11.7. The molecule has 7 heteroatoms. The third-order valence-corrected chi connectivity index (χ3v) is 4.06. The molecule has 0 atom stereocenters. The lowest BCUT2D eigenvalue weighted by Gasteiger charge is -2.04. The van der Waals surface area contributed by atoms with Gasteiger partial charge in [-0.25, -0.2) is 9.78 Å². The van der Waals surface area contributed by atoms with E-state index in [1.54, 1.807) is 24.1 Å². The number of aromatic nitrogens is 1. The zero-order valence-electron chi connectivity index (χ0n) is 12.0. The first kappa shape index (κ1) is 17.0. The van der Waals surface area contributed by atoms with Gasteiger partial charge >= 0.3 is 5.97 Å². The van der Waals surface area contributed by atoms with Crippen LogP contribution >= 0.6 is 23.1 Å². The monoisotopic (exact) mass is 316 g/mol. The minimum absolute atomic E-state index is 0.0940. The van der Waals surface area contributed by atoms with E-state index in [0.717, 1.165) is 12.2 Å². The van der Waals surface area contributed by atoms with Crippen molar-refractivity contribution in [2.75, 3.05) is 23.4 Å². The molecule has 1 aromatic heterocycles. The number of hydrogen-bond acceptors (Lipinski definition) is 6. The summed E-state index contributed by atoms with van der Waals surface area (Å²) in [5.74, 6) is 1.47. The summed E-state index contributed by atoms with van der Waals surface area (Å²) in [6.45, 7) is 6.37. The van der Waals surface area contributed by atoms with Gasteiger partial charge in [-0.2, -0.15) is 11.8 Å². The van der Waals surface area contributed by atoms with Crippen LogP contribution in [0.2, 0.25) is 0 Å². The van der Waals surface area contributed by atoms with E-state index in [0.29, 0.717) is 23.4 Å². The standard InChI is InChI=1S/C13H20N2O3S2/c1-4-18-12(17)10-7-20-13(14-10)15-11(16)8-19-6-5-9(2)3/h7,9H,4-6,8H2,1-3H3,(H,14,15,16). The largest absolute Gasteiger partial charge is 0.461 e. The van der Waals surface area contributed by atoms with Gasteiger partial charge in [-0.15, -0.1) is 11.3 Å². The van der Waals surface area contributed by atoms with Crippen molar-refractivity contribution in [3.8, 4) is 0 Å². The van der Waals surface area contributed by atoms with Crippen molar-refractivity contribution in [2.45, 2.75) is 27.2 Å². The van der Waals surface area contributed by atoms with Crippen molar-refractivity contribution in [1.29, 1.82) is 0 Å². The van der Waals surface area contributed by atoms with E-state index >= 15 is 0 Å². The highest BCUT2D eigenvalue weighted by Gasteiger charge is 2.13. The number of thiazole rings is 1. The second kappa shape index (κ2) is 8.97. The van der Waals surface area contributed by atoms with E-state index in [9.17, 15) is 9.59 Å². The summed E-state index contributed by atoms with van der Waals surface area (Å²) in [6.07, 6.45) is 1.10. The molecule has 0 saturated heterocycles. The van der Waals surface area contributed by atoms with Gasteiger partial charge in [0.15, 0.2) is 10.8 Å². The molecule has 0 fully saturated rings. The molecule has 0 radical (unpaired) electrons. The number of amides is 1. The van der Waals surface area contributed by atoms with Gasteiger partial charge in [-0.3, -0.25) is 4.79 Å². The highest BCUT2D eigenvalue weighted by atomic mass is 32.2. The Morgan fingerprint density at radius 1 is 1.50 bits per heavy atom. The van der Waals surface area contributed by atoms with E-state index in [1.165, 1.54) is 11.3 Å². The third kappa shape index (κ3) is 6.38. The summed E-state index contributed by atoms with van der Waals surface area (Å²) >= 11 is 2.83. The van der Waals surface area contributed by atoms with Crippen molar-refractivity contribution in [1.82, 2.24) is 4.98 Å². The maximum absolute atomic E-state index is 11.7. The summed E-state index contributed by atoms with van der Waals surface area (Å²) in [6, 6.07) is 0. The lowest BCUT2D eigenvalue weighted by molar-refractivity contribution is -0.113. The minimum atomic E-state index is -0.462. The number of anilines is 1. The molecule has 20 heavy (non-hydrogen) atoms. The number of rotatable bonds is 8. The van der Waals surface area contributed by atoms with E-state index < -0.39 is 5.97 Å². The Balaban J connectivity index is 2.33. The van der Waals surface area contributed by atoms with Crippen molar-refractivity contribution >= 4 is 40.1 Å². The topological polar surface area (TPSA) is 68.3 Å². The molecule has 0 unspecified atom stereocenters. The van der Waals surface area contributed by atoms with Crippen LogP contribution in [0.5, 0.6) is 0 Å². The Morgan fingerprint density at radius 2 is 2.25 bits per heavy atom.